The van der Waals surface area contributed by atoms with E-state index >= 15 is 0 Å². The van der Waals surface area contributed by atoms with E-state index in [0.29, 0.717) is 18.3 Å². The molecule has 2 heterocycles. The lowest BCUT2D eigenvalue weighted by Gasteiger charge is -2.34. The van der Waals surface area contributed by atoms with Crippen LogP contribution in [0.1, 0.15) is 53.8 Å². The van der Waals surface area contributed by atoms with E-state index in [1.54, 1.807) is 10.9 Å². The van der Waals surface area contributed by atoms with E-state index in [9.17, 15) is 18.0 Å². The summed E-state index contributed by atoms with van der Waals surface area (Å²) in [6, 6.07) is 6.13. The highest BCUT2D eigenvalue weighted by molar-refractivity contribution is 5.92. The molecule has 0 aliphatic heterocycles. The smallest absolute Gasteiger partial charge is 0.475 e. The highest BCUT2D eigenvalue weighted by atomic mass is 19.4. The van der Waals surface area contributed by atoms with Gasteiger partial charge in [-0.2, -0.15) is 18.3 Å². The normalized spacial score (nSPS) is 14.6. The van der Waals surface area contributed by atoms with Crippen LogP contribution in [-0.4, -0.2) is 48.9 Å². The number of nitrogens with zero attached hydrogens (tertiary/aromatic N) is 4. The van der Waals surface area contributed by atoms with Gasteiger partial charge in [0.25, 0.3) is 5.91 Å². The number of hydrogen-bond donors (Lipinski definition) is 1. The number of carbonyl (C=O) groups excluding carboxylic acids is 1. The molecule has 7 nitrogen and oxygen atoms in total. The zero-order valence-corrected chi connectivity index (χ0v) is 16.9. The van der Waals surface area contributed by atoms with Gasteiger partial charge in [-0.15, -0.1) is 0 Å². The van der Waals surface area contributed by atoms with Gasteiger partial charge in [-0.05, 0) is 37.5 Å². The van der Waals surface area contributed by atoms with E-state index in [2.05, 4.69) is 10.1 Å². The van der Waals surface area contributed by atoms with Crippen LogP contribution < -0.4 is 0 Å². The summed E-state index contributed by atoms with van der Waals surface area (Å²) in [5.74, 6) is -2.73. The SMILES string of the molecule is Cc1cc(C(=O)N(Cc2cccnc2)C2CCCCC2)nn1C.O=C(O)C(F)(F)F. The van der Waals surface area contributed by atoms with Gasteiger partial charge in [0.1, 0.15) is 0 Å². The average Bonchev–Trinajstić information content (AvgIpc) is 3.05. The minimum absolute atomic E-state index is 0.0319. The third-order valence-corrected chi connectivity index (χ3v) is 4.93. The Morgan fingerprint density at radius 2 is 1.90 bits per heavy atom. The van der Waals surface area contributed by atoms with Crippen molar-refractivity contribution in [2.45, 2.75) is 57.8 Å². The summed E-state index contributed by atoms with van der Waals surface area (Å²) < 4.78 is 33.5. The molecule has 3 rings (SSSR count). The summed E-state index contributed by atoms with van der Waals surface area (Å²) in [6.07, 6.45) is 4.35. The molecule has 0 atom stereocenters. The van der Waals surface area contributed by atoms with Crippen LogP contribution in [0, 0.1) is 6.92 Å². The summed E-state index contributed by atoms with van der Waals surface area (Å²) >= 11 is 0. The fraction of sp³-hybridized carbons (Fsp3) is 0.500. The zero-order chi connectivity index (χ0) is 22.3. The Balaban J connectivity index is 0.000000396. The molecule has 164 valence electrons. The molecule has 0 radical (unpaired) electrons. The molecule has 0 bridgehead atoms. The number of amides is 1. The second-order valence-electron chi connectivity index (χ2n) is 7.18. The number of aryl methyl sites for hydroxylation is 2. The molecular formula is C20H25F3N4O3. The molecule has 1 fully saturated rings. The first-order valence-electron chi connectivity index (χ1n) is 9.60. The molecule has 2 aromatic heterocycles. The number of alkyl halides is 3. The molecule has 1 N–H and O–H groups in total. The number of carbonyl (C=O) groups is 2. The summed E-state index contributed by atoms with van der Waals surface area (Å²) in [7, 11) is 1.87. The van der Waals surface area contributed by atoms with Gasteiger partial charge in [0.15, 0.2) is 5.69 Å². The molecule has 1 saturated carbocycles. The van der Waals surface area contributed by atoms with Crippen LogP contribution in [0.3, 0.4) is 0 Å². The Bertz CT molecular complexity index is 827. The van der Waals surface area contributed by atoms with Crippen molar-refractivity contribution in [3.63, 3.8) is 0 Å². The van der Waals surface area contributed by atoms with Gasteiger partial charge >= 0.3 is 12.1 Å². The zero-order valence-electron chi connectivity index (χ0n) is 16.9. The summed E-state index contributed by atoms with van der Waals surface area (Å²) in [5.41, 5.74) is 2.61. The second-order valence-corrected chi connectivity index (χ2v) is 7.18. The van der Waals surface area contributed by atoms with Gasteiger partial charge in [0, 0.05) is 37.7 Å². The van der Waals surface area contributed by atoms with Crippen molar-refractivity contribution in [3.05, 3.63) is 47.5 Å². The van der Waals surface area contributed by atoms with Gasteiger partial charge in [0.2, 0.25) is 0 Å². The van der Waals surface area contributed by atoms with Crippen LogP contribution >= 0.6 is 0 Å². The van der Waals surface area contributed by atoms with E-state index in [1.165, 1.54) is 19.3 Å². The maximum absolute atomic E-state index is 13.0. The van der Waals surface area contributed by atoms with Gasteiger partial charge < -0.3 is 10.0 Å². The van der Waals surface area contributed by atoms with E-state index in [-0.39, 0.29) is 5.91 Å². The molecule has 1 aliphatic rings. The van der Waals surface area contributed by atoms with Crippen LogP contribution in [0.4, 0.5) is 13.2 Å². The van der Waals surface area contributed by atoms with Crippen molar-refractivity contribution in [2.75, 3.05) is 0 Å². The van der Waals surface area contributed by atoms with Gasteiger partial charge in [0.05, 0.1) is 0 Å². The Kier molecular flexibility index (Phi) is 7.96. The third-order valence-electron chi connectivity index (χ3n) is 4.93. The lowest BCUT2D eigenvalue weighted by molar-refractivity contribution is -0.192. The number of hydrogen-bond acceptors (Lipinski definition) is 4. The Morgan fingerprint density at radius 3 is 2.37 bits per heavy atom. The number of halogens is 3. The minimum atomic E-state index is -5.08. The Hall–Kier alpha value is -2.91. The molecule has 0 spiro atoms. The predicted molar refractivity (Wildman–Crippen MR) is 103 cm³/mol. The highest BCUT2D eigenvalue weighted by Gasteiger charge is 2.38. The maximum Gasteiger partial charge on any atom is 0.490 e. The highest BCUT2D eigenvalue weighted by Crippen LogP contribution is 2.25. The number of pyridine rings is 1. The molecule has 1 aliphatic carbocycles. The van der Waals surface area contributed by atoms with E-state index in [1.807, 2.05) is 43.3 Å². The fourth-order valence-corrected chi connectivity index (χ4v) is 3.26. The average molecular weight is 426 g/mol. The van der Waals surface area contributed by atoms with Crippen molar-refractivity contribution >= 4 is 11.9 Å². The van der Waals surface area contributed by atoms with Crippen LogP contribution in [0.25, 0.3) is 0 Å². The molecular weight excluding hydrogens is 401 g/mol. The van der Waals surface area contributed by atoms with Gasteiger partial charge in [-0.1, -0.05) is 25.3 Å². The van der Waals surface area contributed by atoms with Crippen LogP contribution in [0.15, 0.2) is 30.6 Å². The van der Waals surface area contributed by atoms with Crippen molar-refractivity contribution in [3.8, 4) is 0 Å². The van der Waals surface area contributed by atoms with E-state index < -0.39 is 12.1 Å². The fourth-order valence-electron chi connectivity index (χ4n) is 3.26. The number of aliphatic carboxylic acids is 1. The van der Waals surface area contributed by atoms with Gasteiger partial charge in [-0.3, -0.25) is 14.5 Å². The molecule has 30 heavy (non-hydrogen) atoms. The lowest BCUT2D eigenvalue weighted by atomic mass is 9.93. The third kappa shape index (κ3) is 6.57. The van der Waals surface area contributed by atoms with E-state index in [0.717, 1.165) is 24.1 Å². The van der Waals surface area contributed by atoms with Crippen molar-refractivity contribution in [1.82, 2.24) is 19.7 Å². The first-order valence-corrected chi connectivity index (χ1v) is 9.60. The molecule has 0 aromatic carbocycles. The van der Waals surface area contributed by atoms with Crippen LogP contribution in [0.5, 0.6) is 0 Å². The first kappa shape index (κ1) is 23.4. The van der Waals surface area contributed by atoms with Crippen LogP contribution in [-0.2, 0) is 18.4 Å². The van der Waals surface area contributed by atoms with Crippen molar-refractivity contribution in [2.24, 2.45) is 7.05 Å². The largest absolute Gasteiger partial charge is 0.490 e. The van der Waals surface area contributed by atoms with Crippen molar-refractivity contribution < 1.29 is 27.9 Å². The first-order chi connectivity index (χ1) is 14.1. The Morgan fingerprint density at radius 1 is 1.27 bits per heavy atom. The number of carboxylic acids is 1. The minimum Gasteiger partial charge on any atom is -0.475 e. The summed E-state index contributed by atoms with van der Waals surface area (Å²) in [6.45, 7) is 2.57. The number of aromatic nitrogens is 3. The van der Waals surface area contributed by atoms with Crippen molar-refractivity contribution in [1.29, 1.82) is 0 Å². The Labute approximate surface area is 172 Å². The lowest BCUT2D eigenvalue weighted by Crippen LogP contribution is -2.41. The standard InChI is InChI=1S/C18H24N4O.C2HF3O2/c1-14-11-17(20-21(14)2)18(23)22(16-8-4-3-5-9-16)13-15-7-6-10-19-12-15;3-2(4,5)1(6)7/h6-7,10-12,16H,3-5,8-9,13H2,1-2H3;(H,6,7). The number of carboxylic acid groups (broad SMARTS) is 1. The molecule has 1 amide bonds. The summed E-state index contributed by atoms with van der Waals surface area (Å²) in [5, 5.41) is 11.5. The maximum atomic E-state index is 13.0. The summed E-state index contributed by atoms with van der Waals surface area (Å²) in [4.78, 5) is 28.1. The van der Waals surface area contributed by atoms with Gasteiger partial charge in [-0.25, -0.2) is 4.79 Å². The quantitative estimate of drug-likeness (QED) is 0.805. The topological polar surface area (TPSA) is 88.3 Å². The predicted octanol–water partition coefficient (Wildman–Crippen LogP) is 3.73. The molecule has 0 unspecified atom stereocenters. The van der Waals surface area contributed by atoms with Crippen LogP contribution in [0.2, 0.25) is 0 Å². The molecule has 0 saturated heterocycles. The monoisotopic (exact) mass is 426 g/mol. The van der Waals surface area contributed by atoms with E-state index in [4.69, 9.17) is 9.90 Å². The molecule has 2 aromatic rings. The number of rotatable bonds is 4. The molecule has 10 heteroatoms. The second kappa shape index (κ2) is 10.2.